The van der Waals surface area contributed by atoms with Crippen molar-refractivity contribution in [3.8, 4) is 0 Å². The second-order valence-corrected chi connectivity index (χ2v) is 3.15. The van der Waals surface area contributed by atoms with Crippen LogP contribution in [0.5, 0.6) is 0 Å². The average Bonchev–Trinajstić information content (AvgIpc) is 2.26. The average molecular weight is 218 g/mol. The summed E-state index contributed by atoms with van der Waals surface area (Å²) in [6.07, 6.45) is 0.807. The molecule has 0 bridgehead atoms. The van der Waals surface area contributed by atoms with Crippen molar-refractivity contribution in [2.75, 3.05) is 46.6 Å². The highest BCUT2D eigenvalue weighted by Gasteiger charge is 2.12. The number of hydrogen-bond donors (Lipinski definition) is 1. The fourth-order valence-corrected chi connectivity index (χ4v) is 1.13. The molecule has 0 heterocycles. The van der Waals surface area contributed by atoms with Gasteiger partial charge in [0.05, 0.1) is 6.61 Å². The Labute approximate surface area is 91.5 Å². The van der Waals surface area contributed by atoms with Gasteiger partial charge in [0.25, 0.3) is 0 Å². The topological polar surface area (TPSA) is 64.8 Å². The van der Waals surface area contributed by atoms with E-state index in [0.717, 1.165) is 6.42 Å². The van der Waals surface area contributed by atoms with E-state index in [9.17, 15) is 4.79 Å². The van der Waals surface area contributed by atoms with Crippen LogP contribution in [0.25, 0.3) is 0 Å². The summed E-state index contributed by atoms with van der Waals surface area (Å²) in [5.74, 6) is 0.00218. The first-order chi connectivity index (χ1) is 7.26. The second-order valence-electron chi connectivity index (χ2n) is 3.15. The molecule has 0 spiro atoms. The molecule has 0 atom stereocenters. The fourth-order valence-electron chi connectivity index (χ4n) is 1.13. The zero-order chi connectivity index (χ0) is 11.5. The van der Waals surface area contributed by atoms with Gasteiger partial charge in [0, 0.05) is 26.8 Å². The van der Waals surface area contributed by atoms with Crippen molar-refractivity contribution >= 4 is 5.91 Å². The van der Waals surface area contributed by atoms with E-state index >= 15 is 0 Å². The monoisotopic (exact) mass is 218 g/mol. The smallest absolute Gasteiger partial charge is 0.248 e. The minimum Gasteiger partial charge on any atom is -0.383 e. The van der Waals surface area contributed by atoms with Crippen molar-refractivity contribution in [2.24, 2.45) is 5.73 Å². The summed E-state index contributed by atoms with van der Waals surface area (Å²) in [6, 6.07) is 0. The molecule has 0 aromatic rings. The third-order valence-electron chi connectivity index (χ3n) is 1.98. The van der Waals surface area contributed by atoms with Gasteiger partial charge in [-0.25, -0.2) is 0 Å². The molecule has 0 fully saturated rings. The van der Waals surface area contributed by atoms with Crippen molar-refractivity contribution in [3.05, 3.63) is 0 Å². The summed E-state index contributed by atoms with van der Waals surface area (Å²) in [5, 5.41) is 0. The summed E-state index contributed by atoms with van der Waals surface area (Å²) >= 11 is 0. The minimum atomic E-state index is 0.00218. The molecule has 1 amide bonds. The minimum absolute atomic E-state index is 0.00218. The number of carbonyl (C=O) groups is 1. The predicted molar refractivity (Wildman–Crippen MR) is 58.6 cm³/mol. The number of nitrogens with zero attached hydrogens (tertiary/aromatic N) is 1. The number of methoxy groups -OCH3 is 1. The summed E-state index contributed by atoms with van der Waals surface area (Å²) in [7, 11) is 1.62. The van der Waals surface area contributed by atoms with Crippen LogP contribution in [-0.4, -0.2) is 57.4 Å². The van der Waals surface area contributed by atoms with Crippen LogP contribution in [-0.2, 0) is 14.3 Å². The maximum atomic E-state index is 11.6. The van der Waals surface area contributed by atoms with Crippen molar-refractivity contribution in [2.45, 2.75) is 13.3 Å². The van der Waals surface area contributed by atoms with E-state index in [1.807, 2.05) is 6.92 Å². The number of nitrogens with two attached hydrogens (primary N) is 1. The molecule has 2 N–H and O–H groups in total. The van der Waals surface area contributed by atoms with Gasteiger partial charge >= 0.3 is 0 Å². The van der Waals surface area contributed by atoms with E-state index < -0.39 is 0 Å². The third-order valence-corrected chi connectivity index (χ3v) is 1.98. The summed E-state index contributed by atoms with van der Waals surface area (Å²) in [4.78, 5) is 13.3. The molecule has 0 saturated heterocycles. The van der Waals surface area contributed by atoms with Gasteiger partial charge in [0.1, 0.15) is 6.61 Å². The molecule has 0 aliphatic carbocycles. The van der Waals surface area contributed by atoms with E-state index in [1.54, 1.807) is 12.0 Å². The first-order valence-electron chi connectivity index (χ1n) is 5.30. The van der Waals surface area contributed by atoms with Crippen molar-refractivity contribution < 1.29 is 14.3 Å². The molecule has 0 unspecified atom stereocenters. The van der Waals surface area contributed by atoms with Crippen LogP contribution in [0.3, 0.4) is 0 Å². The third kappa shape index (κ3) is 7.30. The Morgan fingerprint density at radius 3 is 2.67 bits per heavy atom. The zero-order valence-corrected chi connectivity index (χ0v) is 9.70. The molecule has 0 aromatic carbocycles. The zero-order valence-electron chi connectivity index (χ0n) is 9.70. The van der Waals surface area contributed by atoms with Gasteiger partial charge < -0.3 is 20.1 Å². The Hall–Kier alpha value is -0.650. The van der Waals surface area contributed by atoms with Crippen LogP contribution < -0.4 is 5.73 Å². The van der Waals surface area contributed by atoms with Gasteiger partial charge in [0.15, 0.2) is 0 Å². The Balaban J connectivity index is 3.90. The van der Waals surface area contributed by atoms with E-state index in [1.165, 1.54) is 0 Å². The molecule has 0 aliphatic rings. The molecule has 0 saturated carbocycles. The SMILES string of the molecule is CCOCC(=O)N(CCCN)CCOC. The maximum absolute atomic E-state index is 11.6. The van der Waals surface area contributed by atoms with Crippen molar-refractivity contribution in [3.63, 3.8) is 0 Å². The maximum Gasteiger partial charge on any atom is 0.248 e. The predicted octanol–water partition coefficient (Wildman–Crippen LogP) is -0.153. The molecule has 0 aliphatic heterocycles. The lowest BCUT2D eigenvalue weighted by atomic mass is 10.3. The molecule has 15 heavy (non-hydrogen) atoms. The van der Waals surface area contributed by atoms with Crippen LogP contribution in [0, 0.1) is 0 Å². The van der Waals surface area contributed by atoms with Crippen molar-refractivity contribution in [1.82, 2.24) is 4.90 Å². The number of carbonyl (C=O) groups excluding carboxylic acids is 1. The summed E-state index contributed by atoms with van der Waals surface area (Å²) < 4.78 is 10.0. The van der Waals surface area contributed by atoms with Gasteiger partial charge in [-0.3, -0.25) is 4.79 Å². The molecular weight excluding hydrogens is 196 g/mol. The van der Waals surface area contributed by atoms with Gasteiger partial charge in [-0.15, -0.1) is 0 Å². The van der Waals surface area contributed by atoms with Gasteiger partial charge in [-0.1, -0.05) is 0 Å². The Morgan fingerprint density at radius 2 is 2.13 bits per heavy atom. The first kappa shape index (κ1) is 14.3. The largest absolute Gasteiger partial charge is 0.383 e. The highest BCUT2D eigenvalue weighted by Crippen LogP contribution is 1.94. The van der Waals surface area contributed by atoms with Crippen LogP contribution in [0.4, 0.5) is 0 Å². The van der Waals surface area contributed by atoms with Crippen molar-refractivity contribution in [1.29, 1.82) is 0 Å². The Morgan fingerprint density at radius 1 is 1.40 bits per heavy atom. The standard InChI is InChI=1S/C10H22N2O3/c1-3-15-9-10(13)12(6-4-5-11)7-8-14-2/h3-9,11H2,1-2H3. The number of hydrogen-bond acceptors (Lipinski definition) is 4. The highest BCUT2D eigenvalue weighted by molar-refractivity contribution is 5.77. The quantitative estimate of drug-likeness (QED) is 0.584. The van der Waals surface area contributed by atoms with E-state index in [2.05, 4.69) is 0 Å². The molecule has 5 heteroatoms. The molecular formula is C10H22N2O3. The number of amides is 1. The normalized spacial score (nSPS) is 10.3. The molecule has 5 nitrogen and oxygen atoms in total. The number of rotatable bonds is 9. The summed E-state index contributed by atoms with van der Waals surface area (Å²) in [5.41, 5.74) is 5.41. The Bertz CT molecular complexity index is 157. The molecule has 0 aromatic heterocycles. The lowest BCUT2D eigenvalue weighted by Crippen LogP contribution is -2.38. The second kappa shape index (κ2) is 9.89. The van der Waals surface area contributed by atoms with Crippen LogP contribution >= 0.6 is 0 Å². The first-order valence-corrected chi connectivity index (χ1v) is 5.30. The van der Waals surface area contributed by atoms with Gasteiger partial charge in [-0.2, -0.15) is 0 Å². The van der Waals surface area contributed by atoms with E-state index in [0.29, 0.717) is 32.8 Å². The van der Waals surface area contributed by atoms with E-state index in [4.69, 9.17) is 15.2 Å². The highest BCUT2D eigenvalue weighted by atomic mass is 16.5. The van der Waals surface area contributed by atoms with Crippen LogP contribution in [0.15, 0.2) is 0 Å². The Kier molecular flexibility index (Phi) is 9.46. The van der Waals surface area contributed by atoms with Gasteiger partial charge in [0.2, 0.25) is 5.91 Å². The van der Waals surface area contributed by atoms with Crippen LogP contribution in [0.1, 0.15) is 13.3 Å². The van der Waals surface area contributed by atoms with E-state index in [-0.39, 0.29) is 12.5 Å². The lowest BCUT2D eigenvalue weighted by molar-refractivity contribution is -0.136. The molecule has 0 rings (SSSR count). The van der Waals surface area contributed by atoms with Gasteiger partial charge in [-0.05, 0) is 19.9 Å². The lowest BCUT2D eigenvalue weighted by Gasteiger charge is -2.21. The summed E-state index contributed by atoms with van der Waals surface area (Å²) in [6.45, 7) is 4.97. The molecule has 90 valence electrons. The number of ether oxygens (including phenoxy) is 2. The molecule has 0 radical (unpaired) electrons. The fraction of sp³-hybridized carbons (Fsp3) is 0.900. The van der Waals surface area contributed by atoms with Crippen LogP contribution in [0.2, 0.25) is 0 Å².